The highest BCUT2D eigenvalue weighted by atomic mass is 79.9. The van der Waals surface area contributed by atoms with Gasteiger partial charge in [0.15, 0.2) is 11.8 Å². The van der Waals surface area contributed by atoms with E-state index in [4.69, 9.17) is 0 Å². The van der Waals surface area contributed by atoms with Crippen LogP contribution in [0.3, 0.4) is 0 Å². The van der Waals surface area contributed by atoms with Gasteiger partial charge in [-0.2, -0.15) is 0 Å². The standard InChI is InChI=1S/C15H21BrN6/c1-11-19-20-14(22(11)4)9-18-15(17-2)21(3)10-12-5-7-13(16)8-6-12/h5-8H,9-10H2,1-4H3,(H,17,18). The number of nitrogens with one attached hydrogen (secondary N) is 1. The van der Waals surface area contributed by atoms with E-state index in [2.05, 4.69) is 53.5 Å². The number of benzene rings is 1. The minimum absolute atomic E-state index is 0.592. The number of hydrogen-bond acceptors (Lipinski definition) is 3. The molecule has 0 radical (unpaired) electrons. The van der Waals surface area contributed by atoms with Gasteiger partial charge in [0, 0.05) is 32.2 Å². The van der Waals surface area contributed by atoms with Gasteiger partial charge in [0.2, 0.25) is 0 Å². The Bertz CT molecular complexity index is 647. The molecule has 118 valence electrons. The number of aromatic nitrogens is 3. The van der Waals surface area contributed by atoms with Crippen LogP contribution in [0.1, 0.15) is 17.2 Å². The summed E-state index contributed by atoms with van der Waals surface area (Å²) in [7, 11) is 5.75. The van der Waals surface area contributed by atoms with Gasteiger partial charge in [-0.1, -0.05) is 28.1 Å². The van der Waals surface area contributed by atoms with Gasteiger partial charge in [-0.25, -0.2) is 0 Å². The Kier molecular flexibility index (Phi) is 5.54. The quantitative estimate of drug-likeness (QED) is 0.666. The molecule has 0 amide bonds. The zero-order valence-corrected chi connectivity index (χ0v) is 14.9. The lowest BCUT2D eigenvalue weighted by Crippen LogP contribution is -2.38. The number of aliphatic imine (C=N–C) groups is 1. The first kappa shape index (κ1) is 16.5. The molecular formula is C15H21BrN6. The maximum Gasteiger partial charge on any atom is 0.194 e. The summed E-state index contributed by atoms with van der Waals surface area (Å²) in [5.74, 6) is 2.61. The second-order valence-electron chi connectivity index (χ2n) is 5.11. The molecule has 0 unspecified atom stereocenters. The van der Waals surface area contributed by atoms with Gasteiger partial charge in [0.25, 0.3) is 0 Å². The Morgan fingerprint density at radius 3 is 2.55 bits per heavy atom. The van der Waals surface area contributed by atoms with E-state index in [9.17, 15) is 0 Å². The lowest BCUT2D eigenvalue weighted by molar-refractivity contribution is 0.474. The van der Waals surface area contributed by atoms with Crippen LogP contribution in [0.2, 0.25) is 0 Å². The van der Waals surface area contributed by atoms with Gasteiger partial charge in [-0.05, 0) is 24.6 Å². The van der Waals surface area contributed by atoms with Gasteiger partial charge in [-0.3, -0.25) is 4.99 Å². The summed E-state index contributed by atoms with van der Waals surface area (Å²) >= 11 is 3.45. The fourth-order valence-electron chi connectivity index (χ4n) is 2.09. The average molecular weight is 365 g/mol. The smallest absolute Gasteiger partial charge is 0.194 e. The number of rotatable bonds is 4. The van der Waals surface area contributed by atoms with Crippen LogP contribution in [0.25, 0.3) is 0 Å². The van der Waals surface area contributed by atoms with Crippen molar-refractivity contribution in [3.63, 3.8) is 0 Å². The molecule has 0 aliphatic heterocycles. The van der Waals surface area contributed by atoms with Crippen molar-refractivity contribution >= 4 is 21.9 Å². The predicted octanol–water partition coefficient (Wildman–Crippen LogP) is 2.09. The van der Waals surface area contributed by atoms with Crippen LogP contribution in [0.5, 0.6) is 0 Å². The first-order valence-electron chi connectivity index (χ1n) is 7.02. The molecule has 2 aromatic rings. The van der Waals surface area contributed by atoms with Gasteiger partial charge >= 0.3 is 0 Å². The Labute approximate surface area is 139 Å². The number of hydrogen-bond donors (Lipinski definition) is 1. The van der Waals surface area contributed by atoms with Gasteiger partial charge in [0.05, 0.1) is 6.54 Å². The van der Waals surface area contributed by atoms with E-state index in [0.29, 0.717) is 6.54 Å². The summed E-state index contributed by atoms with van der Waals surface area (Å²) in [6.07, 6.45) is 0. The van der Waals surface area contributed by atoms with Crippen LogP contribution in [0.15, 0.2) is 33.7 Å². The SMILES string of the molecule is CN=C(NCc1nnc(C)n1C)N(C)Cc1ccc(Br)cc1. The van der Waals surface area contributed by atoms with E-state index in [1.807, 2.05) is 37.7 Å². The maximum absolute atomic E-state index is 4.32. The van der Waals surface area contributed by atoms with E-state index >= 15 is 0 Å². The molecule has 6 nitrogen and oxygen atoms in total. The third-order valence-corrected chi connectivity index (χ3v) is 4.02. The van der Waals surface area contributed by atoms with E-state index in [1.54, 1.807) is 7.05 Å². The highest BCUT2D eigenvalue weighted by Gasteiger charge is 2.09. The highest BCUT2D eigenvalue weighted by molar-refractivity contribution is 9.10. The van der Waals surface area contributed by atoms with Crippen LogP contribution < -0.4 is 5.32 Å². The van der Waals surface area contributed by atoms with Crippen molar-refractivity contribution in [2.24, 2.45) is 12.0 Å². The molecule has 1 heterocycles. The Morgan fingerprint density at radius 2 is 2.00 bits per heavy atom. The molecule has 0 atom stereocenters. The third kappa shape index (κ3) is 4.07. The number of guanidine groups is 1. The Hall–Kier alpha value is -1.89. The molecule has 1 aromatic heterocycles. The number of halogens is 1. The van der Waals surface area contributed by atoms with Crippen LogP contribution in [-0.2, 0) is 20.1 Å². The van der Waals surface area contributed by atoms with Crippen LogP contribution in [-0.4, -0.2) is 39.7 Å². The van der Waals surface area contributed by atoms with Gasteiger partial charge in [-0.15, -0.1) is 10.2 Å². The second-order valence-corrected chi connectivity index (χ2v) is 6.02. The lowest BCUT2D eigenvalue weighted by Gasteiger charge is -2.22. The fraction of sp³-hybridized carbons (Fsp3) is 0.400. The molecule has 2 rings (SSSR count). The molecule has 1 aromatic carbocycles. The van der Waals surface area contributed by atoms with Crippen molar-refractivity contribution in [3.05, 3.63) is 46.0 Å². The number of nitrogens with zero attached hydrogens (tertiary/aromatic N) is 5. The molecule has 0 saturated carbocycles. The molecule has 1 N–H and O–H groups in total. The monoisotopic (exact) mass is 364 g/mol. The highest BCUT2D eigenvalue weighted by Crippen LogP contribution is 2.11. The van der Waals surface area contributed by atoms with E-state index in [1.165, 1.54) is 5.56 Å². The van der Waals surface area contributed by atoms with Crippen LogP contribution in [0, 0.1) is 6.92 Å². The molecule has 0 bridgehead atoms. The summed E-state index contributed by atoms with van der Waals surface area (Å²) in [5.41, 5.74) is 1.23. The van der Waals surface area contributed by atoms with E-state index in [-0.39, 0.29) is 0 Å². The van der Waals surface area contributed by atoms with Crippen molar-refractivity contribution in [2.45, 2.75) is 20.0 Å². The van der Waals surface area contributed by atoms with Crippen molar-refractivity contribution in [1.82, 2.24) is 25.0 Å². The van der Waals surface area contributed by atoms with Crippen LogP contribution >= 0.6 is 15.9 Å². The minimum atomic E-state index is 0.592. The summed E-state index contributed by atoms with van der Waals surface area (Å²) in [4.78, 5) is 6.39. The molecule has 0 aliphatic rings. The predicted molar refractivity (Wildman–Crippen MR) is 91.5 cm³/mol. The largest absolute Gasteiger partial charge is 0.349 e. The molecule has 0 aliphatic carbocycles. The molecule has 7 heteroatoms. The number of aryl methyl sites for hydroxylation is 1. The molecule has 0 fully saturated rings. The van der Waals surface area contributed by atoms with Crippen LogP contribution in [0.4, 0.5) is 0 Å². The Balaban J connectivity index is 1.96. The molecule has 22 heavy (non-hydrogen) atoms. The Morgan fingerprint density at radius 1 is 1.32 bits per heavy atom. The minimum Gasteiger partial charge on any atom is -0.349 e. The van der Waals surface area contributed by atoms with Crippen molar-refractivity contribution < 1.29 is 0 Å². The van der Waals surface area contributed by atoms with Crippen molar-refractivity contribution in [1.29, 1.82) is 0 Å². The summed E-state index contributed by atoms with van der Waals surface area (Å²) < 4.78 is 3.05. The normalized spacial score (nSPS) is 11.6. The fourth-order valence-corrected chi connectivity index (χ4v) is 2.35. The first-order valence-corrected chi connectivity index (χ1v) is 7.81. The van der Waals surface area contributed by atoms with E-state index < -0.39 is 0 Å². The lowest BCUT2D eigenvalue weighted by atomic mass is 10.2. The molecule has 0 saturated heterocycles. The maximum atomic E-state index is 4.32. The van der Waals surface area contributed by atoms with Crippen molar-refractivity contribution in [2.75, 3.05) is 14.1 Å². The van der Waals surface area contributed by atoms with Gasteiger partial charge < -0.3 is 14.8 Å². The summed E-state index contributed by atoms with van der Waals surface area (Å²) in [5, 5.41) is 11.5. The van der Waals surface area contributed by atoms with Gasteiger partial charge in [0.1, 0.15) is 5.82 Å². The zero-order chi connectivity index (χ0) is 16.1. The average Bonchev–Trinajstić information content (AvgIpc) is 2.82. The molecular weight excluding hydrogens is 344 g/mol. The topological polar surface area (TPSA) is 58.3 Å². The zero-order valence-electron chi connectivity index (χ0n) is 13.3. The second kappa shape index (κ2) is 7.40. The summed E-state index contributed by atoms with van der Waals surface area (Å²) in [6.45, 7) is 3.31. The third-order valence-electron chi connectivity index (χ3n) is 3.49. The first-order chi connectivity index (χ1) is 10.5. The summed E-state index contributed by atoms with van der Waals surface area (Å²) in [6, 6.07) is 8.28. The van der Waals surface area contributed by atoms with E-state index in [0.717, 1.165) is 28.6 Å². The molecule has 0 spiro atoms. The van der Waals surface area contributed by atoms with Crippen molar-refractivity contribution in [3.8, 4) is 0 Å².